The van der Waals surface area contributed by atoms with Crippen LogP contribution in [0.4, 0.5) is 0 Å². The lowest BCUT2D eigenvalue weighted by atomic mass is 9.89. The molecule has 0 aromatic heterocycles. The molecule has 1 aromatic rings. The van der Waals surface area contributed by atoms with Crippen LogP contribution in [0.2, 0.25) is 0 Å². The van der Waals surface area contributed by atoms with Crippen molar-refractivity contribution in [3.05, 3.63) is 23.8 Å². The highest BCUT2D eigenvalue weighted by molar-refractivity contribution is 7.89. The van der Waals surface area contributed by atoms with E-state index in [2.05, 4.69) is 5.32 Å². The van der Waals surface area contributed by atoms with Crippen molar-refractivity contribution in [3.8, 4) is 11.5 Å². The van der Waals surface area contributed by atoms with E-state index in [4.69, 9.17) is 9.47 Å². The van der Waals surface area contributed by atoms with E-state index in [1.807, 2.05) is 13.8 Å². The number of likely N-dealkylation sites (N-methyl/N-ethyl adjacent to an activating group) is 1. The Kier molecular flexibility index (Phi) is 7.66. The van der Waals surface area contributed by atoms with Gasteiger partial charge in [0, 0.05) is 31.7 Å². The average Bonchev–Trinajstić information content (AvgIpc) is 3.26. The number of piperidine rings is 1. The van der Waals surface area contributed by atoms with Crippen molar-refractivity contribution in [1.29, 1.82) is 0 Å². The number of carbonyl (C=O) groups excluding carboxylic acids is 2. The first kappa shape index (κ1) is 24.3. The van der Waals surface area contributed by atoms with Gasteiger partial charge in [0.1, 0.15) is 6.04 Å². The molecule has 2 aliphatic heterocycles. The Hall–Kier alpha value is -2.33. The summed E-state index contributed by atoms with van der Waals surface area (Å²) in [4.78, 5) is 28.0. The third-order valence-electron chi connectivity index (χ3n) is 6.19. The first-order valence-corrected chi connectivity index (χ1v) is 12.7. The number of hydrogen-bond donors (Lipinski definition) is 1. The number of nitrogens with one attached hydrogen (secondary N) is 1. The summed E-state index contributed by atoms with van der Waals surface area (Å²) in [5.74, 6) is 0.410. The molecule has 1 atom stereocenters. The lowest BCUT2D eigenvalue weighted by Crippen LogP contribution is -2.55. The summed E-state index contributed by atoms with van der Waals surface area (Å²) in [6, 6.07) is 4.19. The average molecular weight is 468 g/mol. The Morgan fingerprint density at radius 3 is 2.34 bits per heavy atom. The number of ether oxygens (including phenoxy) is 2. The van der Waals surface area contributed by atoms with Crippen LogP contribution in [0.1, 0.15) is 50.9 Å². The van der Waals surface area contributed by atoms with Crippen molar-refractivity contribution in [2.24, 2.45) is 5.92 Å². The molecule has 0 unspecified atom stereocenters. The van der Waals surface area contributed by atoms with E-state index in [9.17, 15) is 18.0 Å². The molecule has 0 aliphatic carbocycles. The predicted octanol–water partition coefficient (Wildman–Crippen LogP) is 1.83. The summed E-state index contributed by atoms with van der Waals surface area (Å²) in [6.45, 7) is 8.99. The maximum absolute atomic E-state index is 13.3. The van der Waals surface area contributed by atoms with Gasteiger partial charge in [-0.25, -0.2) is 12.7 Å². The van der Waals surface area contributed by atoms with E-state index >= 15 is 0 Å². The van der Waals surface area contributed by atoms with Crippen LogP contribution in [0.5, 0.6) is 11.5 Å². The van der Waals surface area contributed by atoms with Gasteiger partial charge < -0.3 is 19.7 Å². The lowest BCUT2D eigenvalue weighted by molar-refractivity contribution is -0.134. The smallest absolute Gasteiger partial charge is 0.252 e. The zero-order chi connectivity index (χ0) is 23.5. The van der Waals surface area contributed by atoms with E-state index in [1.54, 1.807) is 36.9 Å². The fourth-order valence-electron chi connectivity index (χ4n) is 4.14. The van der Waals surface area contributed by atoms with Gasteiger partial charge in [0.2, 0.25) is 22.7 Å². The molecule has 2 amide bonds. The second-order valence-corrected chi connectivity index (χ2v) is 10.8. The number of benzene rings is 1. The molecule has 9 nitrogen and oxygen atoms in total. The van der Waals surface area contributed by atoms with Crippen molar-refractivity contribution >= 4 is 21.8 Å². The molecule has 0 bridgehead atoms. The first-order chi connectivity index (χ1) is 15.2. The van der Waals surface area contributed by atoms with Crippen LogP contribution in [0.3, 0.4) is 0 Å². The second kappa shape index (κ2) is 10.1. The largest absolute Gasteiger partial charge is 0.454 e. The van der Waals surface area contributed by atoms with Gasteiger partial charge in [-0.05, 0) is 64.7 Å². The van der Waals surface area contributed by atoms with Gasteiger partial charge in [-0.2, -0.15) is 0 Å². The Labute approximate surface area is 190 Å². The Bertz CT molecular complexity index is 937. The second-order valence-electron chi connectivity index (χ2n) is 8.36. The number of rotatable bonds is 8. The van der Waals surface area contributed by atoms with Crippen molar-refractivity contribution < 1.29 is 27.5 Å². The Morgan fingerprint density at radius 1 is 1.12 bits per heavy atom. The molecule has 1 aromatic carbocycles. The number of fused-ring (bicyclic) bond motifs is 1. The van der Waals surface area contributed by atoms with Crippen LogP contribution < -0.4 is 14.8 Å². The molecular weight excluding hydrogens is 434 g/mol. The van der Waals surface area contributed by atoms with E-state index in [0.717, 1.165) is 0 Å². The zero-order valence-corrected chi connectivity index (χ0v) is 20.0. The van der Waals surface area contributed by atoms with Crippen LogP contribution in [-0.2, 0) is 14.8 Å². The quantitative estimate of drug-likeness (QED) is 0.625. The highest BCUT2D eigenvalue weighted by Gasteiger charge is 2.38. The van der Waals surface area contributed by atoms with E-state index in [1.165, 1.54) is 4.31 Å². The first-order valence-electron chi connectivity index (χ1n) is 11.2. The minimum absolute atomic E-state index is 0.112. The summed E-state index contributed by atoms with van der Waals surface area (Å²) in [6.07, 6.45) is 1.01. The summed E-state index contributed by atoms with van der Waals surface area (Å²) in [5, 5.41) is 2.44. The minimum atomic E-state index is -3.34. The third-order valence-corrected chi connectivity index (χ3v) is 8.46. The van der Waals surface area contributed by atoms with Crippen molar-refractivity contribution in [2.45, 2.75) is 51.8 Å². The van der Waals surface area contributed by atoms with Gasteiger partial charge in [0.15, 0.2) is 11.5 Å². The summed E-state index contributed by atoms with van der Waals surface area (Å²) < 4.78 is 37.2. The topological polar surface area (TPSA) is 105 Å². The molecule has 2 heterocycles. The maximum Gasteiger partial charge on any atom is 0.252 e. The lowest BCUT2D eigenvalue weighted by Gasteiger charge is -2.37. The molecule has 10 heteroatoms. The SMILES string of the molecule is CCN(CC)C(=O)[C@H](NC(=O)c1ccc2c(c1)OCO2)C1CCN(S(=O)(=O)C(C)C)CC1. The zero-order valence-electron chi connectivity index (χ0n) is 19.2. The fraction of sp³-hybridized carbons (Fsp3) is 0.636. The molecule has 0 spiro atoms. The molecular formula is C22H33N3O6S. The number of nitrogens with zero attached hydrogens (tertiary/aromatic N) is 2. The number of sulfonamides is 1. The molecule has 1 fully saturated rings. The van der Waals surface area contributed by atoms with Crippen LogP contribution in [-0.4, -0.2) is 73.7 Å². The van der Waals surface area contributed by atoms with E-state index in [-0.39, 0.29) is 24.5 Å². The van der Waals surface area contributed by atoms with Gasteiger partial charge in [-0.15, -0.1) is 0 Å². The summed E-state index contributed by atoms with van der Waals surface area (Å²) in [7, 11) is -3.34. The maximum atomic E-state index is 13.3. The van der Waals surface area contributed by atoms with Crippen molar-refractivity contribution in [1.82, 2.24) is 14.5 Å². The Balaban J connectivity index is 1.77. The number of hydrogen-bond acceptors (Lipinski definition) is 6. The summed E-state index contributed by atoms with van der Waals surface area (Å²) >= 11 is 0. The van der Waals surface area contributed by atoms with Crippen molar-refractivity contribution in [2.75, 3.05) is 33.0 Å². The van der Waals surface area contributed by atoms with Crippen LogP contribution in [0.15, 0.2) is 18.2 Å². The molecule has 0 radical (unpaired) electrons. The molecule has 178 valence electrons. The number of carbonyl (C=O) groups is 2. The normalized spacial score (nSPS) is 17.9. The van der Waals surface area contributed by atoms with E-state index in [0.29, 0.717) is 56.1 Å². The highest BCUT2D eigenvalue weighted by atomic mass is 32.2. The molecule has 0 saturated carbocycles. The van der Waals surface area contributed by atoms with Gasteiger partial charge >= 0.3 is 0 Å². The van der Waals surface area contributed by atoms with Crippen LogP contribution >= 0.6 is 0 Å². The molecule has 2 aliphatic rings. The molecule has 32 heavy (non-hydrogen) atoms. The van der Waals surface area contributed by atoms with Gasteiger partial charge in [0.05, 0.1) is 5.25 Å². The fourth-order valence-corrected chi connectivity index (χ4v) is 5.45. The van der Waals surface area contributed by atoms with Crippen LogP contribution in [0, 0.1) is 5.92 Å². The van der Waals surface area contributed by atoms with Gasteiger partial charge in [0.25, 0.3) is 5.91 Å². The van der Waals surface area contributed by atoms with E-state index < -0.39 is 21.3 Å². The highest BCUT2D eigenvalue weighted by Crippen LogP contribution is 2.32. The van der Waals surface area contributed by atoms with Crippen molar-refractivity contribution in [3.63, 3.8) is 0 Å². The number of amides is 2. The monoisotopic (exact) mass is 467 g/mol. The molecule has 1 saturated heterocycles. The third kappa shape index (κ3) is 5.01. The van der Waals surface area contributed by atoms with Gasteiger partial charge in [-0.1, -0.05) is 0 Å². The molecule has 3 rings (SSSR count). The summed E-state index contributed by atoms with van der Waals surface area (Å²) in [5.41, 5.74) is 0.381. The standard InChI is InChI=1S/C22H33N3O6S/c1-5-24(6-2)22(27)20(16-9-11-25(12-10-16)32(28,29)15(3)4)23-21(26)17-7-8-18-19(13-17)31-14-30-18/h7-8,13,15-16,20H,5-6,9-12,14H2,1-4H3,(H,23,26)/t20-/m1/s1. The van der Waals surface area contributed by atoms with Gasteiger partial charge in [-0.3, -0.25) is 9.59 Å². The van der Waals surface area contributed by atoms with Crippen LogP contribution in [0.25, 0.3) is 0 Å². The minimum Gasteiger partial charge on any atom is -0.454 e. The molecule has 1 N–H and O–H groups in total. The predicted molar refractivity (Wildman–Crippen MR) is 120 cm³/mol. The Morgan fingerprint density at radius 2 is 1.75 bits per heavy atom.